The summed E-state index contributed by atoms with van der Waals surface area (Å²) in [6, 6.07) is 11.4. The first kappa shape index (κ1) is 14.7. The van der Waals surface area contributed by atoms with Crippen LogP contribution in [-0.2, 0) is 6.42 Å². The Balaban J connectivity index is 1.72. The Bertz CT molecular complexity index is 898. The van der Waals surface area contributed by atoms with Gasteiger partial charge < -0.3 is 19.9 Å². The Hall–Kier alpha value is -2.86. The van der Waals surface area contributed by atoms with Crippen LogP contribution in [0.1, 0.15) is 5.56 Å². The van der Waals surface area contributed by atoms with Crippen molar-refractivity contribution in [1.82, 2.24) is 9.97 Å². The van der Waals surface area contributed by atoms with E-state index in [4.69, 9.17) is 9.47 Å². The zero-order valence-corrected chi connectivity index (χ0v) is 13.1. The van der Waals surface area contributed by atoms with Crippen LogP contribution in [0.4, 0.5) is 11.5 Å². The number of rotatable bonds is 4. The van der Waals surface area contributed by atoms with Gasteiger partial charge in [0.1, 0.15) is 23.8 Å². The lowest BCUT2D eigenvalue weighted by Gasteiger charge is -2.13. The van der Waals surface area contributed by atoms with Gasteiger partial charge >= 0.3 is 0 Å². The lowest BCUT2D eigenvalue weighted by molar-refractivity contribution is 0.135. The third-order valence-corrected chi connectivity index (χ3v) is 3.96. The minimum atomic E-state index is -0.237. The van der Waals surface area contributed by atoms with Crippen LogP contribution in [0.5, 0.6) is 11.5 Å². The molecule has 1 aromatic heterocycles. The maximum absolute atomic E-state index is 9.36. The van der Waals surface area contributed by atoms with Crippen LogP contribution in [0, 0.1) is 6.20 Å². The van der Waals surface area contributed by atoms with Gasteiger partial charge in [0.15, 0.2) is 5.82 Å². The highest BCUT2D eigenvalue weighted by Gasteiger charge is 2.26. The molecule has 0 aliphatic carbocycles. The monoisotopic (exact) mass is 322 g/mol. The van der Waals surface area contributed by atoms with Crippen LogP contribution >= 0.6 is 0 Å². The molecular weight excluding hydrogens is 306 g/mol. The highest BCUT2D eigenvalue weighted by molar-refractivity contribution is 5.77. The molecule has 1 aliphatic heterocycles. The summed E-state index contributed by atoms with van der Waals surface area (Å²) in [5.41, 5.74) is 3.29. The highest BCUT2D eigenvalue weighted by Crippen LogP contribution is 2.40. The van der Waals surface area contributed by atoms with Crippen molar-refractivity contribution in [2.75, 3.05) is 19.0 Å². The molecule has 0 spiro atoms. The SMILES string of the molecule is COc1cc2c(c(Nc3[c]nc4ccccc4n3)c1)OC(CO)C2. The van der Waals surface area contributed by atoms with Crippen molar-refractivity contribution in [2.45, 2.75) is 12.5 Å². The van der Waals surface area contributed by atoms with E-state index in [-0.39, 0.29) is 12.7 Å². The molecule has 1 aliphatic rings. The van der Waals surface area contributed by atoms with Crippen molar-refractivity contribution >= 4 is 22.5 Å². The van der Waals surface area contributed by atoms with Gasteiger partial charge in [-0.15, -0.1) is 0 Å². The minimum absolute atomic E-state index is 0.0294. The van der Waals surface area contributed by atoms with E-state index in [1.54, 1.807) is 7.11 Å². The first-order valence-corrected chi connectivity index (χ1v) is 7.66. The topological polar surface area (TPSA) is 76.5 Å². The van der Waals surface area contributed by atoms with Crippen molar-refractivity contribution in [1.29, 1.82) is 0 Å². The van der Waals surface area contributed by atoms with Gasteiger partial charge in [-0.3, -0.25) is 0 Å². The predicted octanol–water partition coefficient (Wildman–Crippen LogP) is 2.48. The molecule has 0 amide bonds. The fourth-order valence-corrected chi connectivity index (χ4v) is 2.81. The number of methoxy groups -OCH3 is 1. The van der Waals surface area contributed by atoms with Crippen LogP contribution in [0.3, 0.4) is 0 Å². The highest BCUT2D eigenvalue weighted by atomic mass is 16.5. The lowest BCUT2D eigenvalue weighted by atomic mass is 10.1. The molecule has 1 radical (unpaired) electrons. The van der Waals surface area contributed by atoms with Crippen LogP contribution in [0.25, 0.3) is 11.0 Å². The predicted molar refractivity (Wildman–Crippen MR) is 89.9 cm³/mol. The van der Waals surface area contributed by atoms with Crippen molar-refractivity contribution in [3.05, 3.63) is 48.2 Å². The van der Waals surface area contributed by atoms with Crippen molar-refractivity contribution < 1.29 is 14.6 Å². The summed E-state index contributed by atoms with van der Waals surface area (Å²) in [6.07, 6.45) is 3.30. The quantitative estimate of drug-likeness (QED) is 0.768. The molecule has 121 valence electrons. The number of hydrogen-bond donors (Lipinski definition) is 2. The molecule has 0 bridgehead atoms. The third kappa shape index (κ3) is 2.61. The lowest BCUT2D eigenvalue weighted by Crippen LogP contribution is -2.17. The summed E-state index contributed by atoms with van der Waals surface area (Å²) in [4.78, 5) is 8.80. The molecule has 0 fully saturated rings. The second-order valence-corrected chi connectivity index (χ2v) is 5.59. The minimum Gasteiger partial charge on any atom is -0.497 e. The number of nitrogens with one attached hydrogen (secondary N) is 1. The number of ether oxygens (including phenoxy) is 2. The van der Waals surface area contributed by atoms with E-state index < -0.39 is 0 Å². The van der Waals surface area contributed by atoms with Crippen LogP contribution in [-0.4, -0.2) is 34.9 Å². The van der Waals surface area contributed by atoms with Crippen molar-refractivity contribution in [2.24, 2.45) is 0 Å². The van der Waals surface area contributed by atoms with E-state index in [9.17, 15) is 5.11 Å². The number of aliphatic hydroxyl groups is 1. The average molecular weight is 322 g/mol. The van der Waals surface area contributed by atoms with Crippen molar-refractivity contribution in [3.8, 4) is 11.5 Å². The largest absolute Gasteiger partial charge is 0.497 e. The Morgan fingerprint density at radius 2 is 2.17 bits per heavy atom. The maximum Gasteiger partial charge on any atom is 0.159 e. The Labute approximate surface area is 139 Å². The summed E-state index contributed by atoms with van der Waals surface area (Å²) >= 11 is 0. The first-order chi connectivity index (χ1) is 11.8. The van der Waals surface area contributed by atoms with Gasteiger partial charge in [0.05, 0.1) is 30.4 Å². The number of nitrogens with zero attached hydrogens (tertiary/aromatic N) is 2. The molecule has 24 heavy (non-hydrogen) atoms. The Morgan fingerprint density at radius 1 is 1.33 bits per heavy atom. The van der Waals surface area contributed by atoms with E-state index >= 15 is 0 Å². The molecule has 2 aromatic carbocycles. The van der Waals surface area contributed by atoms with Gasteiger partial charge in [0, 0.05) is 18.1 Å². The fraction of sp³-hybridized carbons (Fsp3) is 0.222. The molecule has 6 nitrogen and oxygen atoms in total. The first-order valence-electron chi connectivity index (χ1n) is 7.66. The van der Waals surface area contributed by atoms with Crippen LogP contribution in [0.2, 0.25) is 0 Å². The maximum atomic E-state index is 9.36. The molecule has 1 unspecified atom stereocenters. The van der Waals surface area contributed by atoms with E-state index in [1.165, 1.54) is 0 Å². The van der Waals surface area contributed by atoms with Gasteiger partial charge in [0.2, 0.25) is 0 Å². The molecule has 1 atom stereocenters. The second-order valence-electron chi connectivity index (χ2n) is 5.59. The number of anilines is 2. The molecule has 4 rings (SSSR count). The van der Waals surface area contributed by atoms with Gasteiger partial charge in [-0.2, -0.15) is 0 Å². The van der Waals surface area contributed by atoms with Crippen LogP contribution in [0.15, 0.2) is 36.4 Å². The van der Waals surface area contributed by atoms with E-state index in [0.29, 0.717) is 23.7 Å². The van der Waals surface area contributed by atoms with E-state index in [1.807, 2.05) is 36.4 Å². The molecule has 0 saturated carbocycles. The zero-order chi connectivity index (χ0) is 16.5. The van der Waals surface area contributed by atoms with Gasteiger partial charge in [-0.05, 0) is 18.2 Å². The standard InChI is InChI=1S/C18H16N3O3/c1-23-12-6-11-7-13(10-22)24-18(11)16(8-12)21-17-9-19-14-4-2-3-5-15(14)20-17/h2-6,8,13,22H,7,10H2,1H3,(H,20,21). The molecule has 0 saturated heterocycles. The van der Waals surface area contributed by atoms with E-state index in [0.717, 1.165) is 22.3 Å². The fourth-order valence-electron chi connectivity index (χ4n) is 2.81. The molecule has 2 N–H and O–H groups in total. The summed E-state index contributed by atoms with van der Waals surface area (Å²) in [6.45, 7) is -0.0294. The Kier molecular flexibility index (Phi) is 3.66. The molecule has 6 heteroatoms. The number of para-hydroxylation sites is 2. The third-order valence-electron chi connectivity index (χ3n) is 3.96. The summed E-state index contributed by atoms with van der Waals surface area (Å²) in [5, 5.41) is 12.6. The molecule has 3 aromatic rings. The average Bonchev–Trinajstić information content (AvgIpc) is 3.05. The number of hydrogen-bond acceptors (Lipinski definition) is 6. The summed E-state index contributed by atoms with van der Waals surface area (Å²) in [7, 11) is 1.62. The second kappa shape index (κ2) is 5.98. The number of fused-ring (bicyclic) bond motifs is 2. The van der Waals surface area contributed by atoms with Gasteiger partial charge in [-0.25, -0.2) is 9.97 Å². The van der Waals surface area contributed by atoms with Crippen molar-refractivity contribution in [3.63, 3.8) is 0 Å². The Morgan fingerprint density at radius 3 is 2.96 bits per heavy atom. The smallest absolute Gasteiger partial charge is 0.159 e. The molecular formula is C18H16N3O3. The normalized spacial score (nSPS) is 15.8. The number of aromatic nitrogens is 2. The summed E-state index contributed by atoms with van der Waals surface area (Å²) in [5.74, 6) is 1.92. The summed E-state index contributed by atoms with van der Waals surface area (Å²) < 4.78 is 11.2. The zero-order valence-electron chi connectivity index (χ0n) is 13.1. The molecule has 2 heterocycles. The van der Waals surface area contributed by atoms with Gasteiger partial charge in [-0.1, -0.05) is 12.1 Å². The van der Waals surface area contributed by atoms with Gasteiger partial charge in [0.25, 0.3) is 0 Å². The number of aliphatic hydroxyl groups excluding tert-OH is 1. The number of benzene rings is 2. The van der Waals surface area contributed by atoms with E-state index in [2.05, 4.69) is 21.5 Å². The van der Waals surface area contributed by atoms with Crippen LogP contribution < -0.4 is 14.8 Å².